The van der Waals surface area contributed by atoms with Crippen LogP contribution in [0.2, 0.25) is 0 Å². The van der Waals surface area contributed by atoms with Crippen LogP contribution in [-0.4, -0.2) is 49.0 Å². The molecule has 22 heavy (non-hydrogen) atoms. The summed E-state index contributed by atoms with van der Waals surface area (Å²) >= 11 is 0. The van der Waals surface area contributed by atoms with Crippen LogP contribution in [0.1, 0.15) is 32.3 Å². The number of amides is 1. The summed E-state index contributed by atoms with van der Waals surface area (Å²) in [6, 6.07) is 8.17. The zero-order chi connectivity index (χ0) is 15.9. The Balaban J connectivity index is 1.88. The molecule has 0 aliphatic carbocycles. The second-order valence-electron chi connectivity index (χ2n) is 5.87. The Bertz CT molecular complexity index is 478. The van der Waals surface area contributed by atoms with Gasteiger partial charge in [-0.1, -0.05) is 18.2 Å². The number of rotatable bonds is 6. The minimum Gasteiger partial charge on any atom is -0.496 e. The van der Waals surface area contributed by atoms with Gasteiger partial charge < -0.3 is 9.64 Å². The van der Waals surface area contributed by atoms with Crippen LogP contribution in [0.5, 0.6) is 5.75 Å². The lowest BCUT2D eigenvalue weighted by Crippen LogP contribution is -2.42. The molecule has 0 saturated carbocycles. The van der Waals surface area contributed by atoms with Crippen molar-refractivity contribution < 1.29 is 9.53 Å². The van der Waals surface area contributed by atoms with Crippen LogP contribution in [0.25, 0.3) is 0 Å². The van der Waals surface area contributed by atoms with Crippen molar-refractivity contribution in [1.82, 2.24) is 9.80 Å². The van der Waals surface area contributed by atoms with E-state index >= 15 is 0 Å². The third-order valence-corrected chi connectivity index (χ3v) is 4.60. The molecule has 1 aliphatic heterocycles. The van der Waals surface area contributed by atoms with Gasteiger partial charge in [-0.05, 0) is 45.8 Å². The quantitative estimate of drug-likeness (QED) is 0.810. The van der Waals surface area contributed by atoms with Crippen molar-refractivity contribution in [3.63, 3.8) is 0 Å². The monoisotopic (exact) mass is 304 g/mol. The van der Waals surface area contributed by atoms with Crippen LogP contribution < -0.4 is 4.74 Å². The Morgan fingerprint density at radius 2 is 1.86 bits per heavy atom. The molecule has 4 nitrogen and oxygen atoms in total. The van der Waals surface area contributed by atoms with E-state index in [-0.39, 0.29) is 5.92 Å². The molecule has 1 saturated heterocycles. The Labute approximate surface area is 134 Å². The van der Waals surface area contributed by atoms with Gasteiger partial charge in [0.15, 0.2) is 0 Å². The molecule has 1 aromatic carbocycles. The van der Waals surface area contributed by atoms with Gasteiger partial charge in [-0.3, -0.25) is 9.69 Å². The highest BCUT2D eigenvalue weighted by molar-refractivity contribution is 5.78. The first-order chi connectivity index (χ1) is 10.7. The second kappa shape index (κ2) is 8.18. The van der Waals surface area contributed by atoms with Crippen LogP contribution >= 0.6 is 0 Å². The lowest BCUT2D eigenvalue weighted by Gasteiger charge is -2.33. The largest absolute Gasteiger partial charge is 0.496 e. The van der Waals surface area contributed by atoms with E-state index in [2.05, 4.69) is 30.9 Å². The number of hydrogen-bond donors (Lipinski definition) is 0. The molecule has 0 N–H and O–H groups in total. The fraction of sp³-hybridized carbons (Fsp3) is 0.611. The maximum Gasteiger partial charge on any atom is 0.225 e. The van der Waals surface area contributed by atoms with Gasteiger partial charge in [0.25, 0.3) is 0 Å². The molecule has 2 rings (SSSR count). The smallest absolute Gasteiger partial charge is 0.225 e. The van der Waals surface area contributed by atoms with E-state index in [9.17, 15) is 4.79 Å². The summed E-state index contributed by atoms with van der Waals surface area (Å²) in [7, 11) is 1.72. The zero-order valence-electron chi connectivity index (χ0n) is 14.0. The summed E-state index contributed by atoms with van der Waals surface area (Å²) in [4.78, 5) is 16.8. The Morgan fingerprint density at radius 1 is 1.23 bits per heavy atom. The molecule has 1 heterocycles. The fourth-order valence-electron chi connectivity index (χ4n) is 3.21. The molecule has 1 amide bonds. The lowest BCUT2D eigenvalue weighted by molar-refractivity contribution is -0.136. The fourth-order valence-corrected chi connectivity index (χ4v) is 3.21. The molecule has 4 heteroatoms. The second-order valence-corrected chi connectivity index (χ2v) is 5.87. The zero-order valence-corrected chi connectivity index (χ0v) is 14.0. The number of para-hydroxylation sites is 1. The van der Waals surface area contributed by atoms with Gasteiger partial charge in [-0.15, -0.1) is 0 Å². The Morgan fingerprint density at radius 3 is 2.45 bits per heavy atom. The molecule has 0 bridgehead atoms. The topological polar surface area (TPSA) is 32.8 Å². The minimum atomic E-state index is 0.203. The first-order valence-corrected chi connectivity index (χ1v) is 8.32. The number of carbonyl (C=O) groups is 1. The van der Waals surface area contributed by atoms with E-state index in [0.29, 0.717) is 5.91 Å². The molecule has 0 aromatic heterocycles. The van der Waals surface area contributed by atoms with Crippen molar-refractivity contribution >= 4 is 5.91 Å². The number of nitrogens with zero attached hydrogens (tertiary/aromatic N) is 2. The molecule has 0 atom stereocenters. The third-order valence-electron chi connectivity index (χ3n) is 4.60. The molecule has 0 unspecified atom stereocenters. The number of carbonyl (C=O) groups excluding carboxylic acids is 1. The molecular formula is C18H28N2O2. The Kier molecular flexibility index (Phi) is 6.25. The van der Waals surface area contributed by atoms with Crippen molar-refractivity contribution in [3.05, 3.63) is 29.8 Å². The highest BCUT2D eigenvalue weighted by atomic mass is 16.5. The van der Waals surface area contributed by atoms with E-state index in [1.54, 1.807) is 7.11 Å². The number of piperidine rings is 1. The van der Waals surface area contributed by atoms with Crippen LogP contribution in [0.15, 0.2) is 24.3 Å². The maximum atomic E-state index is 12.4. The van der Waals surface area contributed by atoms with E-state index in [0.717, 1.165) is 51.3 Å². The lowest BCUT2D eigenvalue weighted by atomic mass is 9.95. The van der Waals surface area contributed by atoms with Crippen molar-refractivity contribution in [3.8, 4) is 5.75 Å². The number of methoxy groups -OCH3 is 1. The van der Waals surface area contributed by atoms with Crippen molar-refractivity contribution in [2.75, 3.05) is 33.3 Å². The number of ether oxygens (including phenoxy) is 1. The normalized spacial score (nSPS) is 16.5. The first-order valence-electron chi connectivity index (χ1n) is 8.32. The molecule has 1 aromatic rings. The van der Waals surface area contributed by atoms with Crippen molar-refractivity contribution in [1.29, 1.82) is 0 Å². The summed E-state index contributed by atoms with van der Waals surface area (Å²) in [5, 5.41) is 0. The number of benzene rings is 1. The average molecular weight is 304 g/mol. The summed E-state index contributed by atoms with van der Waals surface area (Å²) in [6.45, 7) is 8.60. The van der Waals surface area contributed by atoms with Gasteiger partial charge in [-0.2, -0.15) is 0 Å². The number of likely N-dealkylation sites (tertiary alicyclic amines) is 1. The van der Waals surface area contributed by atoms with Gasteiger partial charge in [0.2, 0.25) is 5.91 Å². The summed E-state index contributed by atoms with van der Waals surface area (Å²) in [6.07, 6.45) is 1.93. The van der Waals surface area contributed by atoms with E-state index in [4.69, 9.17) is 4.74 Å². The minimum absolute atomic E-state index is 0.203. The first kappa shape index (κ1) is 16.8. The van der Waals surface area contributed by atoms with Gasteiger partial charge >= 0.3 is 0 Å². The molecule has 0 spiro atoms. The highest BCUT2D eigenvalue weighted by Crippen LogP contribution is 2.24. The van der Waals surface area contributed by atoms with Crippen molar-refractivity contribution in [2.24, 2.45) is 5.92 Å². The van der Waals surface area contributed by atoms with Crippen molar-refractivity contribution in [2.45, 2.75) is 33.2 Å². The molecular weight excluding hydrogens is 276 g/mol. The van der Waals surface area contributed by atoms with Crippen LogP contribution in [0.3, 0.4) is 0 Å². The summed E-state index contributed by atoms with van der Waals surface area (Å²) < 4.78 is 5.42. The maximum absolute atomic E-state index is 12.4. The summed E-state index contributed by atoms with van der Waals surface area (Å²) in [5.41, 5.74) is 1.22. The van der Waals surface area contributed by atoms with Gasteiger partial charge in [0.1, 0.15) is 5.75 Å². The predicted octanol–water partition coefficient (Wildman–Crippen LogP) is 2.78. The SMILES string of the molecule is CCN(CC)C(=O)C1CCN(Cc2ccccc2OC)CC1. The standard InChI is InChI=1S/C18H28N2O2/c1-4-20(5-2)18(21)15-10-12-19(13-11-15)14-16-8-6-7-9-17(16)22-3/h6-9,15H,4-5,10-14H2,1-3H3. The Hall–Kier alpha value is -1.55. The predicted molar refractivity (Wildman–Crippen MR) is 88.9 cm³/mol. The van der Waals surface area contributed by atoms with E-state index in [1.807, 2.05) is 17.0 Å². The molecule has 122 valence electrons. The average Bonchev–Trinajstić information content (AvgIpc) is 2.57. The van der Waals surface area contributed by atoms with Gasteiger partial charge in [0.05, 0.1) is 7.11 Å². The molecule has 1 aliphatic rings. The summed E-state index contributed by atoms with van der Waals surface area (Å²) in [5.74, 6) is 1.49. The van der Waals surface area contributed by atoms with Gasteiger partial charge in [0, 0.05) is 31.1 Å². The van der Waals surface area contributed by atoms with Crippen LogP contribution in [-0.2, 0) is 11.3 Å². The number of hydrogen-bond acceptors (Lipinski definition) is 3. The molecule has 1 fully saturated rings. The third kappa shape index (κ3) is 4.01. The molecule has 0 radical (unpaired) electrons. The van der Waals surface area contributed by atoms with E-state index in [1.165, 1.54) is 5.56 Å². The highest BCUT2D eigenvalue weighted by Gasteiger charge is 2.27. The van der Waals surface area contributed by atoms with E-state index < -0.39 is 0 Å². The van der Waals surface area contributed by atoms with Gasteiger partial charge in [-0.25, -0.2) is 0 Å². The van der Waals surface area contributed by atoms with Crippen LogP contribution in [0, 0.1) is 5.92 Å². The van der Waals surface area contributed by atoms with Crippen LogP contribution in [0.4, 0.5) is 0 Å².